The summed E-state index contributed by atoms with van der Waals surface area (Å²) in [5.74, 6) is 0.717. The molecule has 29 heavy (non-hydrogen) atoms. The molecule has 1 aromatic carbocycles. The fourth-order valence-electron chi connectivity index (χ4n) is 4.28. The molecule has 2 amide bonds. The van der Waals surface area contributed by atoms with E-state index in [4.69, 9.17) is 15.5 Å². The SMILES string of the molecule is CCOc1ccc2nc(N3CCC[C@H](C(=O)N4CCC(C(N)=O)CC4)C3)sc2c1. The highest BCUT2D eigenvalue weighted by molar-refractivity contribution is 7.22. The average Bonchev–Trinajstić information content (AvgIpc) is 3.17. The zero-order valence-electron chi connectivity index (χ0n) is 16.8. The van der Waals surface area contributed by atoms with Crippen LogP contribution in [0.1, 0.15) is 32.6 Å². The molecule has 156 valence electrons. The van der Waals surface area contributed by atoms with Crippen molar-refractivity contribution in [2.75, 3.05) is 37.7 Å². The lowest BCUT2D eigenvalue weighted by atomic mass is 9.92. The van der Waals surface area contributed by atoms with Crippen molar-refractivity contribution in [1.29, 1.82) is 0 Å². The van der Waals surface area contributed by atoms with Crippen LogP contribution in [0, 0.1) is 11.8 Å². The van der Waals surface area contributed by atoms with E-state index in [9.17, 15) is 9.59 Å². The van der Waals surface area contributed by atoms with Gasteiger partial charge in [0.1, 0.15) is 5.75 Å². The van der Waals surface area contributed by atoms with E-state index < -0.39 is 0 Å². The Morgan fingerprint density at radius 3 is 2.72 bits per heavy atom. The van der Waals surface area contributed by atoms with E-state index >= 15 is 0 Å². The normalized spacial score (nSPS) is 20.8. The Morgan fingerprint density at radius 2 is 2.00 bits per heavy atom. The van der Waals surface area contributed by atoms with Crippen LogP contribution in [0.3, 0.4) is 0 Å². The van der Waals surface area contributed by atoms with Gasteiger partial charge in [-0.2, -0.15) is 0 Å². The number of amides is 2. The highest BCUT2D eigenvalue weighted by atomic mass is 32.1. The molecule has 3 heterocycles. The fourth-order valence-corrected chi connectivity index (χ4v) is 5.31. The Balaban J connectivity index is 1.42. The summed E-state index contributed by atoms with van der Waals surface area (Å²) < 4.78 is 6.70. The maximum Gasteiger partial charge on any atom is 0.227 e. The molecular weight excluding hydrogens is 388 g/mol. The van der Waals surface area contributed by atoms with Crippen molar-refractivity contribution in [3.8, 4) is 5.75 Å². The predicted molar refractivity (Wildman–Crippen MR) is 114 cm³/mol. The number of carbonyl (C=O) groups excluding carboxylic acids is 2. The summed E-state index contributed by atoms with van der Waals surface area (Å²) in [6.45, 7) is 5.50. The van der Waals surface area contributed by atoms with Gasteiger partial charge >= 0.3 is 0 Å². The molecule has 0 bridgehead atoms. The first kappa shape index (κ1) is 19.9. The second kappa shape index (κ2) is 8.57. The van der Waals surface area contributed by atoms with Crippen LogP contribution < -0.4 is 15.4 Å². The molecule has 2 aliphatic rings. The number of rotatable bonds is 5. The average molecular weight is 417 g/mol. The molecule has 2 aromatic rings. The quantitative estimate of drug-likeness (QED) is 0.809. The maximum atomic E-state index is 13.0. The van der Waals surface area contributed by atoms with Gasteiger partial charge in [0.2, 0.25) is 11.8 Å². The zero-order valence-corrected chi connectivity index (χ0v) is 17.6. The van der Waals surface area contributed by atoms with Crippen molar-refractivity contribution in [3.05, 3.63) is 18.2 Å². The van der Waals surface area contributed by atoms with Crippen LogP contribution in [0.5, 0.6) is 5.75 Å². The highest BCUT2D eigenvalue weighted by Crippen LogP contribution is 2.34. The van der Waals surface area contributed by atoms with Gasteiger partial charge in [-0.25, -0.2) is 4.98 Å². The smallest absolute Gasteiger partial charge is 0.227 e. The van der Waals surface area contributed by atoms with Crippen LogP contribution in [0.25, 0.3) is 10.2 Å². The second-order valence-corrected chi connectivity index (χ2v) is 8.86. The number of hydrogen-bond donors (Lipinski definition) is 1. The Morgan fingerprint density at radius 1 is 1.21 bits per heavy atom. The van der Waals surface area contributed by atoms with E-state index in [1.54, 1.807) is 11.3 Å². The lowest BCUT2D eigenvalue weighted by Gasteiger charge is -2.37. The van der Waals surface area contributed by atoms with Crippen LogP contribution in [0.2, 0.25) is 0 Å². The molecule has 0 aliphatic carbocycles. The molecule has 2 aliphatic heterocycles. The Bertz CT molecular complexity index is 891. The second-order valence-electron chi connectivity index (χ2n) is 7.85. The number of aromatic nitrogens is 1. The first-order chi connectivity index (χ1) is 14.0. The maximum absolute atomic E-state index is 13.0. The van der Waals surface area contributed by atoms with E-state index in [1.165, 1.54) is 0 Å². The minimum Gasteiger partial charge on any atom is -0.494 e. The third-order valence-electron chi connectivity index (χ3n) is 5.91. The van der Waals surface area contributed by atoms with Crippen LogP contribution in [-0.2, 0) is 9.59 Å². The number of anilines is 1. The molecule has 0 spiro atoms. The molecular formula is C21H28N4O3S. The molecule has 0 saturated carbocycles. The van der Waals surface area contributed by atoms with Crippen LogP contribution in [0.15, 0.2) is 18.2 Å². The van der Waals surface area contributed by atoms with Crippen molar-refractivity contribution in [3.63, 3.8) is 0 Å². The number of thiazole rings is 1. The number of nitrogens with zero attached hydrogens (tertiary/aromatic N) is 3. The van der Waals surface area contributed by atoms with Crippen molar-refractivity contribution in [2.45, 2.75) is 32.6 Å². The summed E-state index contributed by atoms with van der Waals surface area (Å²) in [5.41, 5.74) is 6.38. The number of ether oxygens (including phenoxy) is 1. The van der Waals surface area contributed by atoms with E-state index in [1.807, 2.05) is 30.0 Å². The van der Waals surface area contributed by atoms with Gasteiger partial charge in [0, 0.05) is 32.1 Å². The molecule has 2 N–H and O–H groups in total. The first-order valence-electron chi connectivity index (χ1n) is 10.4. The first-order valence-corrected chi connectivity index (χ1v) is 11.2. The number of carbonyl (C=O) groups is 2. The van der Waals surface area contributed by atoms with Crippen LogP contribution >= 0.6 is 11.3 Å². The number of fused-ring (bicyclic) bond motifs is 1. The van der Waals surface area contributed by atoms with Crippen LogP contribution in [-0.4, -0.2) is 54.5 Å². The molecule has 1 atom stereocenters. The molecule has 7 nitrogen and oxygen atoms in total. The van der Waals surface area contributed by atoms with Crippen LogP contribution in [0.4, 0.5) is 5.13 Å². The van der Waals surface area contributed by atoms with E-state index in [2.05, 4.69) is 4.90 Å². The van der Waals surface area contributed by atoms with Crippen molar-refractivity contribution in [2.24, 2.45) is 17.6 Å². The molecule has 1 aromatic heterocycles. The molecule has 2 fully saturated rings. The number of likely N-dealkylation sites (tertiary alicyclic amines) is 1. The summed E-state index contributed by atoms with van der Waals surface area (Å²) in [6.07, 6.45) is 3.24. The van der Waals surface area contributed by atoms with Gasteiger partial charge in [0.15, 0.2) is 5.13 Å². The van der Waals surface area contributed by atoms with Gasteiger partial charge in [-0.1, -0.05) is 11.3 Å². The molecule has 0 unspecified atom stereocenters. The number of benzene rings is 1. The summed E-state index contributed by atoms with van der Waals surface area (Å²) >= 11 is 1.66. The third-order valence-corrected chi connectivity index (χ3v) is 6.99. The Labute approximate surface area is 174 Å². The minimum atomic E-state index is -0.246. The minimum absolute atomic E-state index is 0.0140. The monoisotopic (exact) mass is 416 g/mol. The van der Waals surface area contributed by atoms with Gasteiger partial charge in [-0.15, -0.1) is 0 Å². The van der Waals surface area contributed by atoms with Gasteiger partial charge in [-0.05, 0) is 50.8 Å². The van der Waals surface area contributed by atoms with E-state index in [-0.39, 0.29) is 23.7 Å². The number of nitrogens with two attached hydrogens (primary N) is 1. The van der Waals surface area contributed by atoms with Crippen molar-refractivity contribution < 1.29 is 14.3 Å². The van der Waals surface area contributed by atoms with Gasteiger partial charge < -0.3 is 20.3 Å². The predicted octanol–water partition coefficient (Wildman–Crippen LogP) is 2.64. The summed E-state index contributed by atoms with van der Waals surface area (Å²) in [4.78, 5) is 33.4. The van der Waals surface area contributed by atoms with Crippen molar-refractivity contribution in [1.82, 2.24) is 9.88 Å². The largest absolute Gasteiger partial charge is 0.494 e. The number of primary amides is 1. The van der Waals surface area contributed by atoms with E-state index in [0.717, 1.165) is 40.5 Å². The number of piperidine rings is 2. The summed E-state index contributed by atoms with van der Waals surface area (Å²) in [5, 5.41) is 0.971. The third kappa shape index (κ3) is 4.32. The zero-order chi connectivity index (χ0) is 20.4. The lowest BCUT2D eigenvalue weighted by Crippen LogP contribution is -2.48. The summed E-state index contributed by atoms with van der Waals surface area (Å²) in [7, 11) is 0. The standard InChI is InChI=1S/C21H28N4O3S/c1-2-28-16-5-6-17-18(12-16)29-21(23-17)25-9-3-4-15(13-25)20(27)24-10-7-14(8-11-24)19(22)26/h5-6,12,14-15H,2-4,7-11,13H2,1H3,(H2,22,26)/t15-/m0/s1. The lowest BCUT2D eigenvalue weighted by molar-refractivity contribution is -0.138. The topological polar surface area (TPSA) is 88.8 Å². The summed E-state index contributed by atoms with van der Waals surface area (Å²) in [6, 6.07) is 5.98. The Hall–Kier alpha value is -2.35. The van der Waals surface area contributed by atoms with Gasteiger partial charge in [-0.3, -0.25) is 9.59 Å². The Kier molecular flexibility index (Phi) is 5.89. The van der Waals surface area contributed by atoms with E-state index in [0.29, 0.717) is 39.1 Å². The molecule has 4 rings (SSSR count). The fraction of sp³-hybridized carbons (Fsp3) is 0.571. The number of hydrogen-bond acceptors (Lipinski definition) is 6. The van der Waals surface area contributed by atoms with Crippen molar-refractivity contribution >= 4 is 38.5 Å². The van der Waals surface area contributed by atoms with Gasteiger partial charge in [0.05, 0.1) is 22.7 Å². The highest BCUT2D eigenvalue weighted by Gasteiger charge is 2.33. The molecule has 8 heteroatoms. The molecule has 2 saturated heterocycles. The van der Waals surface area contributed by atoms with Gasteiger partial charge in [0.25, 0.3) is 0 Å². The molecule has 0 radical (unpaired) electrons.